The van der Waals surface area contributed by atoms with Gasteiger partial charge in [-0.3, -0.25) is 9.78 Å². The average molecular weight is 305 g/mol. The van der Waals surface area contributed by atoms with E-state index in [0.717, 1.165) is 29.8 Å². The minimum absolute atomic E-state index is 0.0871. The largest absolute Gasteiger partial charge is 0.396 e. The van der Waals surface area contributed by atoms with E-state index in [-0.39, 0.29) is 11.4 Å². The molecule has 114 valence electrons. The number of hydrogen-bond acceptors (Lipinski definition) is 5. The predicted octanol–water partition coefficient (Wildman–Crippen LogP) is 1.95. The molecule has 0 fully saturated rings. The number of carbonyl (C=O) groups is 1. The van der Waals surface area contributed by atoms with Gasteiger partial charge in [-0.15, -0.1) is 0 Å². The van der Waals surface area contributed by atoms with Gasteiger partial charge >= 0.3 is 0 Å². The number of amides is 1. The van der Waals surface area contributed by atoms with Crippen LogP contribution < -0.4 is 16.8 Å². The summed E-state index contributed by atoms with van der Waals surface area (Å²) in [6.45, 7) is 0.880. The number of pyridine rings is 2. The Hall–Kier alpha value is -3.15. The first-order chi connectivity index (χ1) is 11.2. The van der Waals surface area contributed by atoms with Crippen molar-refractivity contribution in [1.82, 2.24) is 9.97 Å². The zero-order valence-corrected chi connectivity index (χ0v) is 12.3. The van der Waals surface area contributed by atoms with Gasteiger partial charge in [0.25, 0.3) is 5.91 Å². The van der Waals surface area contributed by atoms with Crippen LogP contribution in [0.3, 0.4) is 0 Å². The quantitative estimate of drug-likeness (QED) is 0.671. The van der Waals surface area contributed by atoms with Crippen LogP contribution in [0.15, 0.2) is 36.5 Å². The summed E-state index contributed by atoms with van der Waals surface area (Å²) in [4.78, 5) is 20.4. The Balaban J connectivity index is 2.13. The van der Waals surface area contributed by atoms with Gasteiger partial charge in [0.1, 0.15) is 0 Å². The maximum atomic E-state index is 11.7. The fraction of sp³-hybridized carbons (Fsp3) is 0.118. The number of benzene rings is 1. The van der Waals surface area contributed by atoms with E-state index >= 15 is 0 Å². The Bertz CT molecular complexity index is 951. The standard InChI is InChI=1S/C17H15N5O/c18-14-13(10-3-1-4-11-9(10)6-8-20-11)15-12(5-2-7-21-15)22-16(14)17(19)23/h1-5,7,20H,6,8,18H2,(H2,19,23). The molecule has 1 aromatic carbocycles. The minimum Gasteiger partial charge on any atom is -0.396 e. The van der Waals surface area contributed by atoms with Gasteiger partial charge in [-0.25, -0.2) is 4.98 Å². The summed E-state index contributed by atoms with van der Waals surface area (Å²) in [7, 11) is 0. The molecular formula is C17H15N5O. The van der Waals surface area contributed by atoms with Gasteiger partial charge in [0.05, 0.1) is 16.7 Å². The molecule has 0 radical (unpaired) electrons. The van der Waals surface area contributed by atoms with Crippen LogP contribution in [-0.4, -0.2) is 22.4 Å². The smallest absolute Gasteiger partial charge is 0.269 e. The first kappa shape index (κ1) is 13.5. The lowest BCUT2D eigenvalue weighted by Crippen LogP contribution is -2.17. The number of anilines is 2. The third kappa shape index (κ3) is 1.99. The number of nitrogens with zero attached hydrogens (tertiary/aromatic N) is 2. The molecule has 2 aromatic heterocycles. The Kier molecular flexibility index (Phi) is 2.90. The SMILES string of the molecule is NC(=O)c1nc2cccnc2c(-c2cccc3c2CCN3)c1N. The van der Waals surface area contributed by atoms with E-state index in [2.05, 4.69) is 15.3 Å². The van der Waals surface area contributed by atoms with Crippen molar-refractivity contribution in [3.05, 3.63) is 47.8 Å². The Morgan fingerprint density at radius 2 is 2.09 bits per heavy atom. The Morgan fingerprint density at radius 1 is 1.22 bits per heavy atom. The van der Waals surface area contributed by atoms with E-state index < -0.39 is 5.91 Å². The van der Waals surface area contributed by atoms with Gasteiger partial charge < -0.3 is 16.8 Å². The summed E-state index contributed by atoms with van der Waals surface area (Å²) in [5.41, 5.74) is 17.3. The number of hydrogen-bond donors (Lipinski definition) is 3. The maximum Gasteiger partial charge on any atom is 0.269 e. The van der Waals surface area contributed by atoms with E-state index in [1.54, 1.807) is 18.3 Å². The van der Waals surface area contributed by atoms with E-state index in [0.29, 0.717) is 11.0 Å². The van der Waals surface area contributed by atoms with Crippen LogP contribution >= 0.6 is 0 Å². The normalized spacial score (nSPS) is 12.9. The Labute approximate surface area is 132 Å². The Morgan fingerprint density at radius 3 is 2.91 bits per heavy atom. The molecule has 1 amide bonds. The molecule has 6 heteroatoms. The van der Waals surface area contributed by atoms with Crippen molar-refractivity contribution in [2.45, 2.75) is 6.42 Å². The number of nitrogens with one attached hydrogen (secondary N) is 1. The molecule has 23 heavy (non-hydrogen) atoms. The highest BCUT2D eigenvalue weighted by Gasteiger charge is 2.22. The lowest BCUT2D eigenvalue weighted by molar-refractivity contribution is 0.0997. The van der Waals surface area contributed by atoms with Gasteiger partial charge in [-0.05, 0) is 35.7 Å². The summed E-state index contributed by atoms with van der Waals surface area (Å²) < 4.78 is 0. The van der Waals surface area contributed by atoms with E-state index in [1.165, 1.54) is 5.56 Å². The van der Waals surface area contributed by atoms with Crippen LogP contribution in [-0.2, 0) is 6.42 Å². The van der Waals surface area contributed by atoms with Crippen molar-refractivity contribution in [2.75, 3.05) is 17.6 Å². The lowest BCUT2D eigenvalue weighted by Gasteiger charge is -2.14. The number of aromatic nitrogens is 2. The maximum absolute atomic E-state index is 11.7. The number of nitrogens with two attached hydrogens (primary N) is 2. The molecule has 3 heterocycles. The van der Waals surface area contributed by atoms with Gasteiger partial charge in [0, 0.05) is 24.0 Å². The third-order valence-corrected chi connectivity index (χ3v) is 4.15. The third-order valence-electron chi connectivity index (χ3n) is 4.15. The monoisotopic (exact) mass is 305 g/mol. The first-order valence-electron chi connectivity index (χ1n) is 7.37. The van der Waals surface area contributed by atoms with Crippen molar-refractivity contribution in [3.63, 3.8) is 0 Å². The number of nitrogen functional groups attached to an aromatic ring is 1. The van der Waals surface area contributed by atoms with Crippen molar-refractivity contribution in [1.29, 1.82) is 0 Å². The van der Waals surface area contributed by atoms with Gasteiger partial charge in [0.2, 0.25) is 0 Å². The van der Waals surface area contributed by atoms with Gasteiger partial charge in [-0.2, -0.15) is 0 Å². The van der Waals surface area contributed by atoms with Crippen LogP contribution in [0.1, 0.15) is 16.1 Å². The van der Waals surface area contributed by atoms with Crippen LogP contribution in [0.25, 0.3) is 22.2 Å². The summed E-state index contributed by atoms with van der Waals surface area (Å²) >= 11 is 0. The second-order valence-electron chi connectivity index (χ2n) is 5.49. The average Bonchev–Trinajstić information content (AvgIpc) is 3.03. The molecule has 0 bridgehead atoms. The van der Waals surface area contributed by atoms with Crippen LogP contribution in [0, 0.1) is 0 Å². The number of rotatable bonds is 2. The second-order valence-corrected chi connectivity index (χ2v) is 5.49. The molecule has 0 spiro atoms. The highest BCUT2D eigenvalue weighted by molar-refractivity contribution is 6.08. The lowest BCUT2D eigenvalue weighted by atomic mass is 9.95. The van der Waals surface area contributed by atoms with Gasteiger partial charge in [-0.1, -0.05) is 12.1 Å². The van der Waals surface area contributed by atoms with E-state index in [4.69, 9.17) is 11.5 Å². The predicted molar refractivity (Wildman–Crippen MR) is 90.1 cm³/mol. The molecule has 0 aliphatic carbocycles. The van der Waals surface area contributed by atoms with Crippen molar-refractivity contribution in [3.8, 4) is 11.1 Å². The molecule has 6 nitrogen and oxygen atoms in total. The van der Waals surface area contributed by atoms with Crippen LogP contribution in [0.5, 0.6) is 0 Å². The molecule has 5 N–H and O–H groups in total. The first-order valence-corrected chi connectivity index (χ1v) is 7.37. The summed E-state index contributed by atoms with van der Waals surface area (Å²) in [6.07, 6.45) is 2.59. The molecule has 0 saturated carbocycles. The zero-order valence-electron chi connectivity index (χ0n) is 12.3. The zero-order chi connectivity index (χ0) is 16.0. The van der Waals surface area contributed by atoms with E-state index in [9.17, 15) is 4.79 Å². The summed E-state index contributed by atoms with van der Waals surface area (Å²) in [6, 6.07) is 9.57. The minimum atomic E-state index is -0.639. The molecule has 0 unspecified atom stereocenters. The fourth-order valence-corrected chi connectivity index (χ4v) is 3.14. The molecule has 4 rings (SSSR count). The number of primary amides is 1. The molecule has 3 aromatic rings. The van der Waals surface area contributed by atoms with Crippen LogP contribution in [0.2, 0.25) is 0 Å². The summed E-state index contributed by atoms with van der Waals surface area (Å²) in [5, 5.41) is 3.35. The van der Waals surface area contributed by atoms with Crippen LogP contribution in [0.4, 0.5) is 11.4 Å². The number of carbonyl (C=O) groups excluding carboxylic acids is 1. The van der Waals surface area contributed by atoms with Gasteiger partial charge in [0.15, 0.2) is 5.69 Å². The second kappa shape index (κ2) is 4.95. The van der Waals surface area contributed by atoms with Crippen molar-refractivity contribution < 1.29 is 4.79 Å². The molecule has 0 saturated heterocycles. The van der Waals surface area contributed by atoms with E-state index in [1.807, 2.05) is 18.2 Å². The molecular weight excluding hydrogens is 290 g/mol. The fourth-order valence-electron chi connectivity index (χ4n) is 3.14. The molecule has 1 aliphatic heterocycles. The summed E-state index contributed by atoms with van der Waals surface area (Å²) in [5.74, 6) is -0.639. The topological polar surface area (TPSA) is 107 Å². The number of fused-ring (bicyclic) bond motifs is 2. The molecule has 1 aliphatic rings. The highest BCUT2D eigenvalue weighted by Crippen LogP contribution is 2.39. The highest BCUT2D eigenvalue weighted by atomic mass is 16.1. The van der Waals surface area contributed by atoms with Crippen molar-refractivity contribution in [2.24, 2.45) is 5.73 Å². The molecule has 0 atom stereocenters. The van der Waals surface area contributed by atoms with Crippen molar-refractivity contribution >= 4 is 28.3 Å².